The van der Waals surface area contributed by atoms with Crippen LogP contribution in [0, 0.1) is 17.8 Å². The van der Waals surface area contributed by atoms with E-state index in [4.69, 9.17) is 18.9 Å². The van der Waals surface area contributed by atoms with Crippen molar-refractivity contribution in [3.8, 4) is 5.75 Å². The lowest BCUT2D eigenvalue weighted by Gasteiger charge is -2.32. The van der Waals surface area contributed by atoms with E-state index in [-0.39, 0.29) is 30.8 Å². The van der Waals surface area contributed by atoms with Gasteiger partial charge in [-0.1, -0.05) is 31.9 Å². The van der Waals surface area contributed by atoms with Crippen LogP contribution < -0.4 is 4.74 Å². The van der Waals surface area contributed by atoms with Crippen molar-refractivity contribution < 1.29 is 33.6 Å². The van der Waals surface area contributed by atoms with E-state index in [2.05, 4.69) is 13.0 Å². The number of hydrogen-bond donors (Lipinski definition) is 1. The second-order valence-electron chi connectivity index (χ2n) is 11.1. The Bertz CT molecular complexity index is 894. The number of unbranched alkanes of at least 4 members (excludes halogenated alkanes) is 2. The maximum absolute atomic E-state index is 12.5. The molecule has 1 aromatic carbocycles. The molecule has 7 heteroatoms. The predicted molar refractivity (Wildman–Crippen MR) is 139 cm³/mol. The standard InChI is InChI=1S/C30H44O7/c1-3-4-5-10-23(37-30(33)36-22-11-6-7-12-22)14-15-24-25-16-20-9-8-13-28(35-19-29(32)34-2)26(20)17-21(25)18-27(24)31/h8-9,13,21-25,27,31H,3-7,10-12,14-19H2,1-2H3. The number of hydrogen-bond acceptors (Lipinski definition) is 7. The van der Waals surface area contributed by atoms with Crippen LogP contribution in [0.3, 0.4) is 0 Å². The number of carbonyl (C=O) groups is 2. The number of aliphatic hydroxyl groups excluding tert-OH is 1. The number of benzene rings is 1. The maximum Gasteiger partial charge on any atom is 0.508 e. The summed E-state index contributed by atoms with van der Waals surface area (Å²) < 4.78 is 21.9. The molecule has 4 rings (SSSR count). The average Bonchev–Trinajstić information content (AvgIpc) is 3.50. The molecule has 0 spiro atoms. The van der Waals surface area contributed by atoms with Crippen LogP contribution in [-0.4, -0.2) is 49.3 Å². The Hall–Kier alpha value is -2.28. The van der Waals surface area contributed by atoms with Crippen LogP contribution in [0.4, 0.5) is 4.79 Å². The summed E-state index contributed by atoms with van der Waals surface area (Å²) in [4.78, 5) is 24.0. The fourth-order valence-corrected chi connectivity index (χ4v) is 6.70. The van der Waals surface area contributed by atoms with Crippen LogP contribution in [0.15, 0.2) is 18.2 Å². The first-order valence-electron chi connectivity index (χ1n) is 14.3. The summed E-state index contributed by atoms with van der Waals surface area (Å²) in [7, 11) is 1.36. The summed E-state index contributed by atoms with van der Waals surface area (Å²) >= 11 is 0. The van der Waals surface area contributed by atoms with Gasteiger partial charge in [0.05, 0.1) is 13.2 Å². The van der Waals surface area contributed by atoms with Gasteiger partial charge in [-0.15, -0.1) is 0 Å². The van der Waals surface area contributed by atoms with Crippen molar-refractivity contribution in [2.24, 2.45) is 17.8 Å². The third-order valence-electron chi connectivity index (χ3n) is 8.70. The number of fused-ring (bicyclic) bond motifs is 2. The minimum absolute atomic E-state index is 0.00463. The summed E-state index contributed by atoms with van der Waals surface area (Å²) in [5.74, 6) is 1.29. The molecular formula is C30H44O7. The third kappa shape index (κ3) is 7.40. The first-order chi connectivity index (χ1) is 18.0. The molecule has 5 unspecified atom stereocenters. The zero-order chi connectivity index (χ0) is 26.2. The van der Waals surface area contributed by atoms with Crippen molar-refractivity contribution in [1.29, 1.82) is 0 Å². The van der Waals surface area contributed by atoms with Gasteiger partial charge in [0.15, 0.2) is 6.61 Å². The Morgan fingerprint density at radius 2 is 1.92 bits per heavy atom. The van der Waals surface area contributed by atoms with Crippen LogP contribution in [0.2, 0.25) is 0 Å². The van der Waals surface area contributed by atoms with Crippen molar-refractivity contribution in [1.82, 2.24) is 0 Å². The molecule has 0 aromatic heterocycles. The van der Waals surface area contributed by atoms with E-state index in [0.29, 0.717) is 11.8 Å². The molecule has 37 heavy (non-hydrogen) atoms. The van der Waals surface area contributed by atoms with Gasteiger partial charge in [-0.25, -0.2) is 9.59 Å². The Morgan fingerprint density at radius 3 is 2.68 bits per heavy atom. The van der Waals surface area contributed by atoms with E-state index >= 15 is 0 Å². The van der Waals surface area contributed by atoms with Crippen LogP contribution >= 0.6 is 0 Å². The molecular weight excluding hydrogens is 472 g/mol. The Morgan fingerprint density at radius 1 is 1.11 bits per heavy atom. The smallest absolute Gasteiger partial charge is 0.482 e. The minimum atomic E-state index is -0.524. The van der Waals surface area contributed by atoms with E-state index in [9.17, 15) is 14.7 Å². The van der Waals surface area contributed by atoms with Crippen molar-refractivity contribution in [3.05, 3.63) is 29.3 Å². The third-order valence-corrected chi connectivity index (χ3v) is 8.70. The van der Waals surface area contributed by atoms with E-state index in [1.54, 1.807) is 0 Å². The monoisotopic (exact) mass is 516 g/mol. The Kier molecular flexibility index (Phi) is 10.1. The topological polar surface area (TPSA) is 91.3 Å². The minimum Gasteiger partial charge on any atom is -0.482 e. The van der Waals surface area contributed by atoms with Gasteiger partial charge >= 0.3 is 12.1 Å². The molecule has 3 aliphatic carbocycles. The molecule has 5 atom stereocenters. The molecule has 0 radical (unpaired) electrons. The quantitative estimate of drug-likeness (QED) is 0.278. The fraction of sp³-hybridized carbons (Fsp3) is 0.733. The highest BCUT2D eigenvalue weighted by molar-refractivity contribution is 5.71. The molecule has 2 fully saturated rings. The van der Waals surface area contributed by atoms with E-state index in [1.165, 1.54) is 12.7 Å². The highest BCUT2D eigenvalue weighted by atomic mass is 16.7. The second kappa shape index (κ2) is 13.5. The van der Waals surface area contributed by atoms with Gasteiger partial charge in [-0.2, -0.15) is 0 Å². The molecule has 206 valence electrons. The Labute approximate surface area is 221 Å². The van der Waals surface area contributed by atoms with Crippen LogP contribution in [0.1, 0.15) is 88.7 Å². The van der Waals surface area contributed by atoms with Gasteiger partial charge in [0.25, 0.3) is 0 Å². The molecule has 1 N–H and O–H groups in total. The molecule has 0 aliphatic heterocycles. The zero-order valence-electron chi connectivity index (χ0n) is 22.5. The van der Waals surface area contributed by atoms with Crippen molar-refractivity contribution >= 4 is 12.1 Å². The lowest BCUT2D eigenvalue weighted by Crippen LogP contribution is -2.29. The molecule has 1 aromatic rings. The SMILES string of the molecule is CCCCCC(CCC1C(O)CC2Cc3c(cccc3OCC(=O)OC)CC21)OC(=O)OC1CCCC1. The number of carbonyl (C=O) groups excluding carboxylic acids is 2. The van der Waals surface area contributed by atoms with Gasteiger partial charge in [0, 0.05) is 0 Å². The van der Waals surface area contributed by atoms with Gasteiger partial charge in [0.1, 0.15) is 18.0 Å². The van der Waals surface area contributed by atoms with Crippen LogP contribution in [-0.2, 0) is 31.8 Å². The molecule has 0 heterocycles. The van der Waals surface area contributed by atoms with Crippen molar-refractivity contribution in [3.63, 3.8) is 0 Å². The van der Waals surface area contributed by atoms with Crippen molar-refractivity contribution in [2.75, 3.05) is 13.7 Å². The summed E-state index contributed by atoms with van der Waals surface area (Å²) in [5.41, 5.74) is 2.38. The summed E-state index contributed by atoms with van der Waals surface area (Å²) in [6.07, 6.45) is 11.3. The van der Waals surface area contributed by atoms with Gasteiger partial charge < -0.3 is 24.1 Å². The fourth-order valence-electron chi connectivity index (χ4n) is 6.70. The largest absolute Gasteiger partial charge is 0.508 e. The lowest BCUT2D eigenvalue weighted by atomic mass is 9.73. The van der Waals surface area contributed by atoms with E-state index < -0.39 is 12.1 Å². The molecule has 0 amide bonds. The van der Waals surface area contributed by atoms with E-state index in [1.807, 2.05) is 12.1 Å². The van der Waals surface area contributed by atoms with Crippen LogP contribution in [0.25, 0.3) is 0 Å². The maximum atomic E-state index is 12.5. The highest BCUT2D eigenvalue weighted by Crippen LogP contribution is 2.48. The molecule has 3 aliphatic rings. The highest BCUT2D eigenvalue weighted by Gasteiger charge is 2.45. The molecule has 2 saturated carbocycles. The number of aliphatic hydroxyl groups is 1. The van der Waals surface area contributed by atoms with Crippen molar-refractivity contribution in [2.45, 2.75) is 109 Å². The first-order valence-corrected chi connectivity index (χ1v) is 14.3. The second-order valence-corrected chi connectivity index (χ2v) is 11.1. The number of methoxy groups -OCH3 is 1. The molecule has 7 nitrogen and oxygen atoms in total. The average molecular weight is 517 g/mol. The molecule has 0 bridgehead atoms. The first kappa shape index (κ1) is 27.7. The summed E-state index contributed by atoms with van der Waals surface area (Å²) in [6, 6.07) is 6.02. The summed E-state index contributed by atoms with van der Waals surface area (Å²) in [5, 5.41) is 11.0. The number of rotatable bonds is 12. The van der Waals surface area contributed by atoms with Gasteiger partial charge in [-0.05, 0) is 106 Å². The normalized spacial score (nSPS) is 25.7. The lowest BCUT2D eigenvalue weighted by molar-refractivity contribution is -0.142. The Balaban J connectivity index is 1.36. The van der Waals surface area contributed by atoms with Crippen LogP contribution in [0.5, 0.6) is 5.75 Å². The number of esters is 1. The molecule has 0 saturated heterocycles. The van der Waals surface area contributed by atoms with Gasteiger partial charge in [0.2, 0.25) is 0 Å². The number of ether oxygens (including phenoxy) is 4. The zero-order valence-corrected chi connectivity index (χ0v) is 22.5. The summed E-state index contributed by atoms with van der Waals surface area (Å²) in [6.45, 7) is 2.07. The predicted octanol–water partition coefficient (Wildman–Crippen LogP) is 5.78. The van der Waals surface area contributed by atoms with Gasteiger partial charge in [-0.3, -0.25) is 0 Å². The van der Waals surface area contributed by atoms with E-state index in [0.717, 1.165) is 94.8 Å².